The second kappa shape index (κ2) is 4.67. The predicted octanol–water partition coefficient (Wildman–Crippen LogP) is 3.01. The molecule has 2 aromatic rings. The highest BCUT2D eigenvalue weighted by molar-refractivity contribution is 5.45. The number of aryl methyl sites for hydroxylation is 1. The van der Waals surface area contributed by atoms with Gasteiger partial charge in [0.25, 0.3) is 0 Å². The zero-order valence-electron chi connectivity index (χ0n) is 9.45. The predicted molar refractivity (Wildman–Crippen MR) is 57.8 cm³/mol. The summed E-state index contributed by atoms with van der Waals surface area (Å²) in [6, 6.07) is 4.78. The SMILES string of the molecule is Cc1nonc1CNc1ccc(C(F)(F)F)cc1. The molecule has 0 atom stereocenters. The molecule has 0 amide bonds. The number of halogens is 3. The monoisotopic (exact) mass is 257 g/mol. The molecule has 0 spiro atoms. The van der Waals surface area contributed by atoms with Gasteiger partial charge in [0.15, 0.2) is 0 Å². The number of nitrogens with one attached hydrogen (secondary N) is 1. The summed E-state index contributed by atoms with van der Waals surface area (Å²) < 4.78 is 41.5. The average Bonchev–Trinajstić information content (AvgIpc) is 2.72. The van der Waals surface area contributed by atoms with Gasteiger partial charge in [0.2, 0.25) is 0 Å². The Hall–Kier alpha value is -2.05. The molecule has 0 aliphatic rings. The standard InChI is InChI=1S/C11H10F3N3O/c1-7-10(17-18-16-7)6-15-9-4-2-8(3-5-9)11(12,13)14/h2-5,15H,6H2,1H3. The van der Waals surface area contributed by atoms with E-state index in [0.717, 1.165) is 12.1 Å². The first-order valence-corrected chi connectivity index (χ1v) is 5.16. The number of aromatic nitrogens is 2. The molecule has 2 rings (SSSR count). The first-order valence-electron chi connectivity index (χ1n) is 5.16. The van der Waals surface area contributed by atoms with Gasteiger partial charge in [-0.05, 0) is 31.2 Å². The maximum absolute atomic E-state index is 12.3. The molecule has 1 aromatic heterocycles. The topological polar surface area (TPSA) is 51.0 Å². The molecule has 4 nitrogen and oxygen atoms in total. The van der Waals surface area contributed by atoms with Gasteiger partial charge in [-0.15, -0.1) is 0 Å². The summed E-state index contributed by atoms with van der Waals surface area (Å²) in [6.45, 7) is 2.08. The summed E-state index contributed by atoms with van der Waals surface area (Å²) in [4.78, 5) is 0. The van der Waals surface area contributed by atoms with Crippen LogP contribution in [0, 0.1) is 6.92 Å². The van der Waals surface area contributed by atoms with Crippen LogP contribution in [0.4, 0.5) is 18.9 Å². The van der Waals surface area contributed by atoms with E-state index >= 15 is 0 Å². The van der Waals surface area contributed by atoms with Crippen LogP contribution >= 0.6 is 0 Å². The molecule has 0 bridgehead atoms. The Morgan fingerprint density at radius 3 is 2.33 bits per heavy atom. The molecular weight excluding hydrogens is 247 g/mol. The number of rotatable bonds is 3. The van der Waals surface area contributed by atoms with Crippen LogP contribution in [0.5, 0.6) is 0 Å². The van der Waals surface area contributed by atoms with Gasteiger partial charge in [-0.2, -0.15) is 13.2 Å². The fraction of sp³-hybridized carbons (Fsp3) is 0.273. The Labute approximate surface area is 101 Å². The van der Waals surface area contributed by atoms with Gasteiger partial charge in [-0.3, -0.25) is 0 Å². The van der Waals surface area contributed by atoms with Gasteiger partial charge in [0.05, 0.1) is 12.1 Å². The third-order valence-corrected chi connectivity index (χ3v) is 2.42. The highest BCUT2D eigenvalue weighted by atomic mass is 19.4. The second-order valence-electron chi connectivity index (χ2n) is 3.72. The summed E-state index contributed by atoms with van der Waals surface area (Å²) in [6.07, 6.45) is -4.31. The van der Waals surface area contributed by atoms with Gasteiger partial charge >= 0.3 is 6.18 Å². The largest absolute Gasteiger partial charge is 0.416 e. The van der Waals surface area contributed by atoms with Gasteiger partial charge in [0.1, 0.15) is 11.4 Å². The average molecular weight is 257 g/mol. The third kappa shape index (κ3) is 2.79. The maximum Gasteiger partial charge on any atom is 0.416 e. The molecule has 0 fully saturated rings. The van der Waals surface area contributed by atoms with Crippen molar-refractivity contribution < 1.29 is 17.8 Å². The molecule has 0 radical (unpaired) electrons. The Balaban J connectivity index is 2.01. The van der Waals surface area contributed by atoms with Crippen molar-refractivity contribution in [3.8, 4) is 0 Å². The second-order valence-corrected chi connectivity index (χ2v) is 3.72. The lowest BCUT2D eigenvalue weighted by Gasteiger charge is -2.08. The molecule has 1 N–H and O–H groups in total. The van der Waals surface area contributed by atoms with Crippen LogP contribution in [-0.2, 0) is 12.7 Å². The number of nitrogens with zero attached hydrogens (tertiary/aromatic N) is 2. The molecule has 1 heterocycles. The zero-order valence-corrected chi connectivity index (χ0v) is 9.45. The highest BCUT2D eigenvalue weighted by Gasteiger charge is 2.29. The van der Waals surface area contributed by atoms with Crippen LogP contribution < -0.4 is 5.32 Å². The van der Waals surface area contributed by atoms with Crippen LogP contribution in [0.1, 0.15) is 17.0 Å². The quantitative estimate of drug-likeness (QED) is 0.918. The molecule has 0 aliphatic carbocycles. The van der Waals surface area contributed by atoms with E-state index in [2.05, 4.69) is 20.3 Å². The fourth-order valence-electron chi connectivity index (χ4n) is 1.37. The van der Waals surface area contributed by atoms with Crippen molar-refractivity contribution in [2.45, 2.75) is 19.6 Å². The van der Waals surface area contributed by atoms with Crippen molar-refractivity contribution in [3.63, 3.8) is 0 Å². The van der Waals surface area contributed by atoms with Crippen LogP contribution in [0.3, 0.4) is 0 Å². The van der Waals surface area contributed by atoms with E-state index in [0.29, 0.717) is 23.6 Å². The molecule has 0 saturated carbocycles. The number of anilines is 1. The van der Waals surface area contributed by atoms with E-state index in [9.17, 15) is 13.2 Å². The van der Waals surface area contributed by atoms with Crippen molar-refractivity contribution in [2.75, 3.05) is 5.32 Å². The molecule has 7 heteroatoms. The smallest absolute Gasteiger partial charge is 0.379 e. The van der Waals surface area contributed by atoms with Crippen LogP contribution in [0.25, 0.3) is 0 Å². The lowest BCUT2D eigenvalue weighted by molar-refractivity contribution is -0.137. The Kier molecular flexibility index (Phi) is 3.22. The van der Waals surface area contributed by atoms with Gasteiger partial charge in [0, 0.05) is 5.69 Å². The lowest BCUT2D eigenvalue weighted by Crippen LogP contribution is -2.05. The van der Waals surface area contributed by atoms with E-state index in [1.807, 2.05) is 0 Å². The third-order valence-electron chi connectivity index (χ3n) is 2.42. The van der Waals surface area contributed by atoms with Crippen LogP contribution in [0.2, 0.25) is 0 Å². The van der Waals surface area contributed by atoms with Crippen molar-refractivity contribution in [1.82, 2.24) is 10.3 Å². The van der Waals surface area contributed by atoms with Crippen molar-refractivity contribution in [3.05, 3.63) is 41.2 Å². The van der Waals surface area contributed by atoms with Crippen molar-refractivity contribution in [2.24, 2.45) is 0 Å². The summed E-state index contributed by atoms with van der Waals surface area (Å²) >= 11 is 0. The molecular formula is C11H10F3N3O. The van der Waals surface area contributed by atoms with E-state index < -0.39 is 11.7 Å². The minimum Gasteiger partial charge on any atom is -0.379 e. The van der Waals surface area contributed by atoms with E-state index in [1.54, 1.807) is 6.92 Å². The Morgan fingerprint density at radius 1 is 1.17 bits per heavy atom. The first kappa shape index (κ1) is 12.4. The van der Waals surface area contributed by atoms with Crippen molar-refractivity contribution >= 4 is 5.69 Å². The van der Waals surface area contributed by atoms with Gasteiger partial charge in [-0.25, -0.2) is 4.63 Å². The molecule has 18 heavy (non-hydrogen) atoms. The van der Waals surface area contributed by atoms with E-state index in [-0.39, 0.29) is 0 Å². The summed E-state index contributed by atoms with van der Waals surface area (Å²) in [5, 5.41) is 10.2. The zero-order chi connectivity index (χ0) is 13.2. The molecule has 1 aromatic carbocycles. The minimum absolute atomic E-state index is 0.348. The van der Waals surface area contributed by atoms with Gasteiger partial charge < -0.3 is 5.32 Å². The van der Waals surface area contributed by atoms with Crippen LogP contribution in [0.15, 0.2) is 28.9 Å². The minimum atomic E-state index is -4.31. The number of alkyl halides is 3. The Morgan fingerprint density at radius 2 is 1.83 bits per heavy atom. The maximum atomic E-state index is 12.3. The van der Waals surface area contributed by atoms with E-state index in [4.69, 9.17) is 0 Å². The molecule has 0 unspecified atom stereocenters. The Bertz CT molecular complexity index is 519. The van der Waals surface area contributed by atoms with Crippen LogP contribution in [-0.4, -0.2) is 10.3 Å². The normalized spacial score (nSPS) is 11.6. The lowest BCUT2D eigenvalue weighted by atomic mass is 10.2. The van der Waals surface area contributed by atoms with E-state index in [1.165, 1.54) is 12.1 Å². The molecule has 0 saturated heterocycles. The van der Waals surface area contributed by atoms with Crippen molar-refractivity contribution in [1.29, 1.82) is 0 Å². The molecule has 0 aliphatic heterocycles. The summed E-state index contributed by atoms with van der Waals surface area (Å²) in [5.41, 5.74) is 1.17. The number of hydrogen-bond acceptors (Lipinski definition) is 4. The number of benzene rings is 1. The first-order chi connectivity index (χ1) is 8.47. The summed E-state index contributed by atoms with van der Waals surface area (Å²) in [7, 11) is 0. The van der Waals surface area contributed by atoms with Gasteiger partial charge in [-0.1, -0.05) is 10.3 Å². The fourth-order valence-corrected chi connectivity index (χ4v) is 1.37. The number of hydrogen-bond donors (Lipinski definition) is 1. The highest BCUT2D eigenvalue weighted by Crippen LogP contribution is 2.29. The molecule has 96 valence electrons. The summed E-state index contributed by atoms with van der Waals surface area (Å²) in [5.74, 6) is 0.